The lowest BCUT2D eigenvalue weighted by Gasteiger charge is -2.26. The molecule has 5 nitrogen and oxygen atoms in total. The van der Waals surface area contributed by atoms with Crippen molar-refractivity contribution in [1.29, 1.82) is 0 Å². The molecule has 0 saturated carbocycles. The van der Waals surface area contributed by atoms with Crippen LogP contribution in [-0.2, 0) is 10.1 Å². The summed E-state index contributed by atoms with van der Waals surface area (Å²) in [5, 5.41) is 7.73. The highest BCUT2D eigenvalue weighted by atomic mass is 32.2. The van der Waals surface area contributed by atoms with Crippen LogP contribution in [0.4, 0.5) is 30.2 Å². The minimum Gasteiger partial charge on any atom is -0.454 e. The maximum Gasteiger partial charge on any atom is 0.534 e. The molecule has 0 fully saturated rings. The minimum atomic E-state index is -6.02. The van der Waals surface area contributed by atoms with Crippen LogP contribution >= 0.6 is 22.7 Å². The lowest BCUT2D eigenvalue weighted by Crippen LogP contribution is -2.28. The van der Waals surface area contributed by atoms with Gasteiger partial charge in [0.15, 0.2) is 5.58 Å². The zero-order valence-electron chi connectivity index (χ0n) is 29.9. The van der Waals surface area contributed by atoms with Gasteiger partial charge in [0.2, 0.25) is 0 Å². The lowest BCUT2D eigenvalue weighted by molar-refractivity contribution is -0.0500. The van der Waals surface area contributed by atoms with E-state index in [1.807, 2.05) is 102 Å². The van der Waals surface area contributed by atoms with Gasteiger partial charge in [0.1, 0.15) is 11.3 Å². The number of hydrogen-bond acceptors (Lipinski definition) is 7. The average molecular weight is 822 g/mol. The van der Waals surface area contributed by atoms with Gasteiger partial charge in [-0.15, -0.1) is 22.7 Å². The monoisotopic (exact) mass is 821 g/mol. The molecule has 11 aromatic rings. The molecule has 0 spiro atoms. The highest BCUT2D eigenvalue weighted by Gasteiger charge is 2.48. The molecule has 3 aromatic heterocycles. The van der Waals surface area contributed by atoms with Gasteiger partial charge in [-0.1, -0.05) is 91.0 Å². The molecule has 0 N–H and O–H groups in total. The molecule has 0 radical (unpaired) electrons. The molecule has 0 saturated heterocycles. The number of para-hydroxylation sites is 1. The Labute approximate surface area is 336 Å². The topological polar surface area (TPSA) is 59.8 Å². The molecular weight excluding hydrogens is 796 g/mol. The smallest absolute Gasteiger partial charge is 0.454 e. The van der Waals surface area contributed by atoms with Gasteiger partial charge in [0.25, 0.3) is 0 Å². The van der Waals surface area contributed by atoms with E-state index in [9.17, 15) is 21.6 Å². The molecule has 282 valence electrons. The van der Waals surface area contributed by atoms with Crippen LogP contribution in [0, 0.1) is 0 Å². The van der Waals surface area contributed by atoms with Crippen LogP contribution in [0.15, 0.2) is 162 Å². The largest absolute Gasteiger partial charge is 0.534 e. The summed E-state index contributed by atoms with van der Waals surface area (Å²) in [7, 11) is -6.02. The highest BCUT2D eigenvalue weighted by molar-refractivity contribution is 7.88. The number of furan rings is 1. The number of halogens is 3. The van der Waals surface area contributed by atoms with Crippen LogP contribution in [0.3, 0.4) is 0 Å². The molecule has 0 aliphatic rings. The molecule has 58 heavy (non-hydrogen) atoms. The average Bonchev–Trinajstić information content (AvgIpc) is 3.90. The molecule has 0 unspecified atom stereocenters. The van der Waals surface area contributed by atoms with Crippen LogP contribution in [0.2, 0.25) is 0 Å². The molecule has 0 aliphatic heterocycles. The van der Waals surface area contributed by atoms with Crippen molar-refractivity contribution < 1.29 is 30.2 Å². The maximum atomic E-state index is 13.8. The number of alkyl halides is 3. The summed E-state index contributed by atoms with van der Waals surface area (Å²) in [5.41, 5.74) is -1.33. The van der Waals surface area contributed by atoms with Crippen molar-refractivity contribution in [2.24, 2.45) is 0 Å². The summed E-state index contributed by atoms with van der Waals surface area (Å²) in [6.07, 6.45) is 0. The fraction of sp³-hybridized carbons (Fsp3) is 0.0213. The van der Waals surface area contributed by atoms with Crippen LogP contribution in [0.5, 0.6) is 5.75 Å². The van der Waals surface area contributed by atoms with Crippen LogP contribution < -0.4 is 9.08 Å². The summed E-state index contributed by atoms with van der Waals surface area (Å²) < 4.78 is 82.5. The highest BCUT2D eigenvalue weighted by Crippen LogP contribution is 2.48. The van der Waals surface area contributed by atoms with Crippen LogP contribution in [0.1, 0.15) is 0 Å². The number of benzene rings is 8. The second kappa shape index (κ2) is 12.8. The fourth-order valence-corrected chi connectivity index (χ4v) is 10.8. The Hall–Kier alpha value is -6.40. The summed E-state index contributed by atoms with van der Waals surface area (Å²) in [6, 6.07) is 50.7. The van der Waals surface area contributed by atoms with E-state index in [4.69, 9.17) is 8.60 Å². The Morgan fingerprint density at radius 1 is 0.552 bits per heavy atom. The summed E-state index contributed by atoms with van der Waals surface area (Å²) in [5.74, 6) is -0.504. The predicted octanol–water partition coefficient (Wildman–Crippen LogP) is 14.8. The Morgan fingerprint density at radius 2 is 1.28 bits per heavy atom. The van der Waals surface area contributed by atoms with E-state index in [1.165, 1.54) is 12.1 Å². The van der Waals surface area contributed by atoms with E-state index in [0.29, 0.717) is 39.0 Å². The Morgan fingerprint density at radius 3 is 2.10 bits per heavy atom. The van der Waals surface area contributed by atoms with E-state index < -0.39 is 21.4 Å². The first-order chi connectivity index (χ1) is 28.1. The molecule has 11 heteroatoms. The molecule has 8 aromatic carbocycles. The SMILES string of the molecule is O=S(=O)(Oc1cc(N(c2ccccc2)c2ccc3c(c2)sc2ccccc23)c2oc3ccc(-c4cccc5c4sc4cc6ccccc6cc45)cc3c2c1)C(F)(F)F. The third kappa shape index (κ3) is 5.53. The van der Waals surface area contributed by atoms with Gasteiger partial charge in [-0.25, -0.2) is 0 Å². The van der Waals surface area contributed by atoms with Crippen molar-refractivity contribution in [3.8, 4) is 16.9 Å². The number of hydrogen-bond donors (Lipinski definition) is 0. The van der Waals surface area contributed by atoms with E-state index in [-0.39, 0.29) is 0 Å². The molecule has 0 bridgehead atoms. The van der Waals surface area contributed by atoms with Gasteiger partial charge >= 0.3 is 15.6 Å². The first kappa shape index (κ1) is 34.8. The second-order valence-electron chi connectivity index (χ2n) is 14.0. The molecule has 0 atom stereocenters. The predicted molar refractivity (Wildman–Crippen MR) is 233 cm³/mol. The summed E-state index contributed by atoms with van der Waals surface area (Å²) in [4.78, 5) is 1.85. The van der Waals surface area contributed by atoms with Crippen molar-refractivity contribution in [1.82, 2.24) is 0 Å². The Kier molecular flexibility index (Phi) is 7.69. The fourth-order valence-electron chi connectivity index (χ4n) is 7.96. The van der Waals surface area contributed by atoms with E-state index in [1.54, 1.807) is 22.7 Å². The lowest BCUT2D eigenvalue weighted by atomic mass is 9.99. The maximum absolute atomic E-state index is 13.8. The number of thiophene rings is 2. The van der Waals surface area contributed by atoms with Gasteiger partial charge in [-0.3, -0.25) is 0 Å². The third-order valence-electron chi connectivity index (χ3n) is 10.6. The molecule has 0 amide bonds. The molecule has 0 aliphatic carbocycles. The van der Waals surface area contributed by atoms with Gasteiger partial charge in [-0.05, 0) is 82.6 Å². The Bertz CT molecular complexity index is 3570. The number of nitrogens with zero attached hydrogens (tertiary/aromatic N) is 1. The van der Waals surface area contributed by atoms with Gasteiger partial charge < -0.3 is 13.5 Å². The molecular formula is C47H26F3NO4S3. The number of fused-ring (bicyclic) bond motifs is 10. The molecule has 3 heterocycles. The summed E-state index contributed by atoms with van der Waals surface area (Å²) in [6.45, 7) is 0. The third-order valence-corrected chi connectivity index (χ3v) is 13.9. The van der Waals surface area contributed by atoms with Crippen LogP contribution in [0.25, 0.3) is 84.2 Å². The van der Waals surface area contributed by atoms with Crippen molar-refractivity contribution >= 4 is 123 Å². The zero-order valence-corrected chi connectivity index (χ0v) is 32.4. The Balaban J connectivity index is 1.15. The van der Waals surface area contributed by atoms with E-state index >= 15 is 0 Å². The molecule has 11 rings (SSSR count). The van der Waals surface area contributed by atoms with E-state index in [2.05, 4.69) is 48.5 Å². The minimum absolute atomic E-state index is 0.299. The van der Waals surface area contributed by atoms with Gasteiger partial charge in [-0.2, -0.15) is 21.6 Å². The zero-order chi connectivity index (χ0) is 39.3. The van der Waals surface area contributed by atoms with Gasteiger partial charge in [0, 0.05) is 68.6 Å². The standard InChI is InChI=1S/C47H26F3NO4S3/c48-47(49,50)58(52,53)55-32-25-39-37-22-29(33-14-8-15-36-38-21-27-9-4-5-10-28(27)23-43(38)57-46(33)36)17-20-41(37)54-45(39)40(26-32)51(30-11-2-1-3-12-30)31-18-19-35-34-13-6-7-16-42(34)56-44(35)24-31/h1-26H. The van der Waals surface area contributed by atoms with Crippen LogP contribution in [-0.4, -0.2) is 13.9 Å². The van der Waals surface area contributed by atoms with Gasteiger partial charge in [0.05, 0.1) is 5.69 Å². The first-order valence-electron chi connectivity index (χ1n) is 18.2. The van der Waals surface area contributed by atoms with Crippen molar-refractivity contribution in [3.63, 3.8) is 0 Å². The first-order valence-corrected chi connectivity index (χ1v) is 21.3. The van der Waals surface area contributed by atoms with Crippen molar-refractivity contribution in [3.05, 3.63) is 158 Å². The van der Waals surface area contributed by atoms with E-state index in [0.717, 1.165) is 62.2 Å². The quantitative estimate of drug-likeness (QED) is 0.123. The van der Waals surface area contributed by atoms with Crippen molar-refractivity contribution in [2.75, 3.05) is 4.90 Å². The second-order valence-corrected chi connectivity index (χ2v) is 17.7. The van der Waals surface area contributed by atoms with Crippen molar-refractivity contribution in [2.45, 2.75) is 5.51 Å². The number of rotatable bonds is 6. The normalized spacial score (nSPS) is 12.5. The summed E-state index contributed by atoms with van der Waals surface area (Å²) >= 11 is 3.33. The number of anilines is 3.